The summed E-state index contributed by atoms with van der Waals surface area (Å²) >= 11 is 14.8. The smallest absolute Gasteiger partial charge is 0.319 e. The van der Waals surface area contributed by atoms with Gasteiger partial charge in [-0.2, -0.15) is 15.2 Å². The molecule has 0 aliphatic carbocycles. The van der Waals surface area contributed by atoms with Gasteiger partial charge in [-0.3, -0.25) is 9.59 Å². The van der Waals surface area contributed by atoms with E-state index in [9.17, 15) is 25.1 Å². The highest BCUT2D eigenvalue weighted by Gasteiger charge is 2.44. The van der Waals surface area contributed by atoms with E-state index in [1.54, 1.807) is 18.3 Å². The third-order valence-electron chi connectivity index (χ3n) is 16.0. The lowest BCUT2D eigenvalue weighted by atomic mass is 9.96. The van der Waals surface area contributed by atoms with Crippen LogP contribution in [0.5, 0.6) is 11.8 Å². The number of anilines is 2. The molecule has 4 aliphatic rings. The van der Waals surface area contributed by atoms with Gasteiger partial charge in [0.25, 0.3) is 0 Å². The van der Waals surface area contributed by atoms with Gasteiger partial charge in [0.15, 0.2) is 5.75 Å². The van der Waals surface area contributed by atoms with Gasteiger partial charge in [0.05, 0.1) is 53.4 Å². The number of carbonyl (C=O) groups is 2. The molecule has 2 amide bonds. The van der Waals surface area contributed by atoms with Crippen molar-refractivity contribution in [3.63, 3.8) is 0 Å². The lowest BCUT2D eigenvalue weighted by Gasteiger charge is -2.30. The molecule has 18 nitrogen and oxygen atoms in total. The standard InChI is InChI=1S/C60H58Cl2FN11O7S/c1-31(2)53(59(78)73-27-38(76)22-49(73)58(77)67-48(29-75)35-13-11-33(12-14-35)40-5-3-4-6-44(40)61)74-28-47(70-71-74)34-9-7-32(8-10-34)30-80-54-51(41-15-16-46(63)55-50(41)43(24-64)56(65)82-55)45(62)23-42-52(54)68-60(81-39-17-19-79-20-18-39)69-57(42)72-26-36-21-37(72)25-66-36/h3-16,23,28,31,36-39,48-49,53,66,75-76H,17-22,25-27,29-30,65H2,1-2H3,(H,67,77)/t36-,37-,38+,48-,49-,53-/m0/s1. The summed E-state index contributed by atoms with van der Waals surface area (Å²) in [5.74, 6) is -0.817. The zero-order chi connectivity index (χ0) is 56.9. The quantitative estimate of drug-likeness (QED) is 0.0607. The van der Waals surface area contributed by atoms with Crippen LogP contribution in [0.4, 0.5) is 15.2 Å². The van der Waals surface area contributed by atoms with Crippen molar-refractivity contribution in [2.45, 2.75) is 88.6 Å². The van der Waals surface area contributed by atoms with Gasteiger partial charge in [0, 0.05) is 83.5 Å². The fourth-order valence-corrected chi connectivity index (χ4v) is 13.3. The number of thiophene rings is 1. The maximum Gasteiger partial charge on any atom is 0.319 e. The first kappa shape index (κ1) is 55.1. The Morgan fingerprint density at radius 3 is 2.46 bits per heavy atom. The summed E-state index contributed by atoms with van der Waals surface area (Å²) in [6.07, 6.45) is 2.85. The van der Waals surface area contributed by atoms with Gasteiger partial charge in [-0.1, -0.05) is 115 Å². The number of halogens is 3. The predicted molar refractivity (Wildman–Crippen MR) is 311 cm³/mol. The van der Waals surface area contributed by atoms with Crippen LogP contribution >= 0.6 is 34.5 Å². The Morgan fingerprint density at radius 1 is 0.988 bits per heavy atom. The molecule has 6 atom stereocenters. The average molecular weight is 1170 g/mol. The van der Waals surface area contributed by atoms with Crippen LogP contribution in [0.3, 0.4) is 0 Å². The molecule has 0 unspecified atom stereocenters. The van der Waals surface area contributed by atoms with Crippen molar-refractivity contribution in [1.29, 1.82) is 5.26 Å². The maximum atomic E-state index is 15.6. The number of rotatable bonds is 16. The molecule has 8 aromatic rings. The second-order valence-corrected chi connectivity index (χ2v) is 23.5. The number of β-amino-alcohol motifs (C(OH)–C–C–N with tert-alkyl or cyclic N) is 1. The van der Waals surface area contributed by atoms with Gasteiger partial charge in [0.1, 0.15) is 58.7 Å². The summed E-state index contributed by atoms with van der Waals surface area (Å²) in [5, 5.41) is 49.1. The number of aliphatic hydroxyl groups is 2. The minimum atomic E-state index is -1.01. The number of nitrogens with one attached hydrogen (secondary N) is 2. The minimum Gasteiger partial charge on any atom is -0.486 e. The molecule has 2 bridgehead atoms. The van der Waals surface area contributed by atoms with Crippen molar-refractivity contribution in [3.05, 3.63) is 130 Å². The number of hydrogen-bond acceptors (Lipinski definition) is 16. The van der Waals surface area contributed by atoms with E-state index < -0.39 is 48.5 Å². The fraction of sp³-hybridized carbons (Fsp3) is 0.350. The highest BCUT2D eigenvalue weighted by molar-refractivity contribution is 7.23. The van der Waals surface area contributed by atoms with E-state index in [1.165, 1.54) is 15.6 Å². The van der Waals surface area contributed by atoms with Gasteiger partial charge in [-0.05, 0) is 52.8 Å². The van der Waals surface area contributed by atoms with Crippen LogP contribution in [0.25, 0.3) is 54.5 Å². The molecule has 4 saturated heterocycles. The van der Waals surface area contributed by atoms with Crippen molar-refractivity contribution in [2.75, 3.05) is 50.1 Å². The predicted octanol–water partition coefficient (Wildman–Crippen LogP) is 9.03. The van der Waals surface area contributed by atoms with E-state index in [4.69, 9.17) is 53.1 Å². The number of likely N-dealkylation sites (tertiary alicyclic amines) is 1. The zero-order valence-corrected chi connectivity index (χ0v) is 47.1. The molecule has 6 N–H and O–H groups in total. The molecule has 7 heterocycles. The number of nitrogens with zero attached hydrogens (tertiary/aromatic N) is 8. The van der Waals surface area contributed by atoms with Gasteiger partial charge in [-0.25, -0.2) is 9.07 Å². The number of hydrogen-bond donors (Lipinski definition) is 5. The summed E-state index contributed by atoms with van der Waals surface area (Å²) in [5.41, 5.74) is 12.0. The van der Waals surface area contributed by atoms with Crippen molar-refractivity contribution in [3.8, 4) is 51.3 Å². The van der Waals surface area contributed by atoms with Crippen LogP contribution in [0, 0.1) is 23.1 Å². The molecule has 22 heteroatoms. The molecule has 12 rings (SSSR count). The molecule has 3 aromatic heterocycles. The number of fused-ring (bicyclic) bond motifs is 4. The Morgan fingerprint density at radius 2 is 1.76 bits per heavy atom. The Kier molecular flexibility index (Phi) is 15.5. The van der Waals surface area contributed by atoms with E-state index in [0.29, 0.717) is 87.7 Å². The number of nitrogens with two attached hydrogens (primary N) is 1. The summed E-state index contributed by atoms with van der Waals surface area (Å²) in [6.45, 7) is 5.90. The Hall–Kier alpha value is -7.48. The lowest BCUT2D eigenvalue weighted by Crippen LogP contribution is -2.50. The summed E-state index contributed by atoms with van der Waals surface area (Å²) in [6, 6.07) is 27.2. The number of amides is 2. The van der Waals surface area contributed by atoms with Crippen LogP contribution in [-0.2, 0) is 20.9 Å². The van der Waals surface area contributed by atoms with E-state index in [0.717, 1.165) is 41.0 Å². The molecule has 5 aromatic carbocycles. The molecule has 4 aliphatic heterocycles. The van der Waals surface area contributed by atoms with Crippen LogP contribution < -0.4 is 30.7 Å². The van der Waals surface area contributed by atoms with Crippen molar-refractivity contribution < 1.29 is 38.4 Å². The molecular weight excluding hydrogens is 1110 g/mol. The van der Waals surface area contributed by atoms with Crippen molar-refractivity contribution >= 4 is 78.2 Å². The molecular formula is C60H58Cl2FN11O7S. The second-order valence-electron chi connectivity index (χ2n) is 21.6. The molecule has 0 radical (unpaired) electrons. The van der Waals surface area contributed by atoms with Gasteiger partial charge >= 0.3 is 6.01 Å². The highest BCUT2D eigenvalue weighted by atomic mass is 35.5. The molecule has 0 saturated carbocycles. The van der Waals surface area contributed by atoms with Gasteiger partial charge in [-0.15, -0.1) is 16.4 Å². The molecule has 4 fully saturated rings. The maximum absolute atomic E-state index is 15.6. The van der Waals surface area contributed by atoms with Crippen molar-refractivity contribution in [2.24, 2.45) is 5.92 Å². The molecule has 82 heavy (non-hydrogen) atoms. The van der Waals surface area contributed by atoms with Crippen LogP contribution in [0.1, 0.15) is 68.3 Å². The largest absolute Gasteiger partial charge is 0.486 e. The first-order valence-electron chi connectivity index (χ1n) is 27.3. The third-order valence-corrected chi connectivity index (χ3v) is 17.7. The van der Waals surface area contributed by atoms with E-state index in [1.807, 2.05) is 86.6 Å². The number of ether oxygens (including phenoxy) is 3. The molecule has 422 valence electrons. The first-order valence-corrected chi connectivity index (χ1v) is 28.9. The topological polar surface area (TPSA) is 239 Å². The van der Waals surface area contributed by atoms with Crippen LogP contribution in [0.15, 0.2) is 97.2 Å². The first-order chi connectivity index (χ1) is 39.7. The Bertz CT molecular complexity index is 3780. The summed E-state index contributed by atoms with van der Waals surface area (Å²) in [4.78, 5) is 42.4. The SMILES string of the molecule is CC(C)[C@@H](C(=O)N1C[C@H](O)C[C@H]1C(=O)N[C@@H](CO)c1ccc(-c2ccccc2Cl)cc1)n1cc(-c2ccc(COc3c(-c4ccc(F)c5sc(N)c(C#N)c45)c(Cl)cc4c(N5C[C@@H]6C[C@H]5CN6)nc(OC5CCOCC5)nc34)cc2)nn1. The number of nitrogen functional groups attached to an aromatic ring is 1. The lowest BCUT2D eigenvalue weighted by molar-refractivity contribution is -0.142. The number of aromatic nitrogens is 5. The number of carbonyl (C=O) groups excluding carboxylic acids is 2. The minimum absolute atomic E-state index is 0.0135. The summed E-state index contributed by atoms with van der Waals surface area (Å²) in [7, 11) is 0. The normalized spacial score (nSPS) is 19.7. The van der Waals surface area contributed by atoms with Crippen LogP contribution in [0.2, 0.25) is 10.0 Å². The Balaban J connectivity index is 0.818. The number of piperazine rings is 1. The Labute approximate surface area is 485 Å². The van der Waals surface area contributed by atoms with Gasteiger partial charge < -0.3 is 50.6 Å². The average Bonchev–Trinajstić information content (AvgIpc) is 3.69. The number of nitriles is 1. The van der Waals surface area contributed by atoms with E-state index in [-0.39, 0.29) is 75.7 Å². The van der Waals surface area contributed by atoms with Crippen molar-refractivity contribution in [1.82, 2.24) is 40.5 Å². The fourth-order valence-electron chi connectivity index (χ4n) is 11.8. The van der Waals surface area contributed by atoms with E-state index in [2.05, 4.69) is 31.9 Å². The second kappa shape index (κ2) is 23.0. The van der Waals surface area contributed by atoms with E-state index >= 15 is 4.39 Å². The monoisotopic (exact) mass is 1170 g/mol. The number of benzene rings is 5. The summed E-state index contributed by atoms with van der Waals surface area (Å²) < 4.78 is 36.4. The zero-order valence-electron chi connectivity index (χ0n) is 44.8. The van der Waals surface area contributed by atoms with Gasteiger partial charge in [0.2, 0.25) is 11.8 Å². The third kappa shape index (κ3) is 10.5. The number of aliphatic hydroxyl groups excluding tert-OH is 2. The highest BCUT2D eigenvalue weighted by Crippen LogP contribution is 2.50. The van der Waals surface area contributed by atoms with Crippen LogP contribution in [-0.4, -0.2) is 122 Å². The molecule has 0 spiro atoms.